The summed E-state index contributed by atoms with van der Waals surface area (Å²) in [6, 6.07) is 14.2. The summed E-state index contributed by atoms with van der Waals surface area (Å²) in [5, 5.41) is 2.69. The first kappa shape index (κ1) is 21.3. The maximum absolute atomic E-state index is 12.6. The van der Waals surface area contributed by atoms with Gasteiger partial charge >= 0.3 is 5.97 Å². The molecule has 0 aliphatic rings. The van der Waals surface area contributed by atoms with E-state index in [0.29, 0.717) is 16.8 Å². The number of carbonyl (C=O) groups excluding carboxylic acids is 2. The third-order valence-electron chi connectivity index (χ3n) is 4.31. The van der Waals surface area contributed by atoms with Crippen molar-refractivity contribution in [2.45, 2.75) is 18.4 Å². The molecule has 0 saturated heterocycles. The van der Waals surface area contributed by atoms with Crippen molar-refractivity contribution >= 4 is 27.6 Å². The number of methoxy groups -OCH3 is 1. The molecule has 1 aromatic heterocycles. The number of rotatable bonds is 7. The number of nitrogens with one attached hydrogen (secondary N) is 2. The molecule has 9 heteroatoms. The highest BCUT2D eigenvalue weighted by Crippen LogP contribution is 2.18. The molecule has 0 fully saturated rings. The predicted molar refractivity (Wildman–Crippen MR) is 110 cm³/mol. The lowest BCUT2D eigenvalue weighted by atomic mass is 10.1. The molecule has 2 N–H and O–H groups in total. The minimum Gasteiger partial charge on any atom is -0.465 e. The van der Waals surface area contributed by atoms with Crippen molar-refractivity contribution in [3.05, 3.63) is 83.3 Å². The lowest BCUT2D eigenvalue weighted by Gasteiger charge is -2.11. The van der Waals surface area contributed by atoms with Crippen molar-refractivity contribution in [1.29, 1.82) is 0 Å². The zero-order valence-electron chi connectivity index (χ0n) is 16.3. The Bertz CT molecular complexity index is 1150. The molecule has 1 heterocycles. The van der Waals surface area contributed by atoms with Crippen LogP contribution in [0.15, 0.2) is 70.2 Å². The highest BCUT2D eigenvalue weighted by molar-refractivity contribution is 7.89. The molecule has 0 saturated carbocycles. The van der Waals surface area contributed by atoms with E-state index >= 15 is 0 Å². The molecule has 0 radical (unpaired) electrons. The van der Waals surface area contributed by atoms with Crippen molar-refractivity contribution < 1.29 is 27.2 Å². The molecule has 1 amide bonds. The van der Waals surface area contributed by atoms with Crippen molar-refractivity contribution in [3.8, 4) is 0 Å². The van der Waals surface area contributed by atoms with Gasteiger partial charge in [-0.2, -0.15) is 0 Å². The van der Waals surface area contributed by atoms with Gasteiger partial charge in [0, 0.05) is 12.2 Å². The van der Waals surface area contributed by atoms with Gasteiger partial charge in [-0.05, 0) is 60.5 Å². The van der Waals surface area contributed by atoms with Crippen LogP contribution in [0.4, 0.5) is 5.69 Å². The molecule has 8 nitrogen and oxygen atoms in total. The van der Waals surface area contributed by atoms with Crippen LogP contribution in [0.2, 0.25) is 0 Å². The van der Waals surface area contributed by atoms with Gasteiger partial charge in [-0.25, -0.2) is 17.9 Å². The van der Waals surface area contributed by atoms with Crippen LogP contribution in [0, 0.1) is 6.92 Å². The number of furan rings is 1. The molecule has 0 spiro atoms. The number of benzene rings is 2. The summed E-state index contributed by atoms with van der Waals surface area (Å²) in [6.07, 6.45) is 1.41. The summed E-state index contributed by atoms with van der Waals surface area (Å²) in [5.41, 5.74) is 1.97. The Morgan fingerprint density at radius 3 is 2.40 bits per heavy atom. The number of sulfonamides is 1. The molecule has 156 valence electrons. The number of esters is 1. The van der Waals surface area contributed by atoms with Crippen LogP contribution in [-0.4, -0.2) is 27.4 Å². The minimum atomic E-state index is -3.78. The second-order valence-electron chi connectivity index (χ2n) is 6.42. The second-order valence-corrected chi connectivity index (χ2v) is 8.16. The highest BCUT2D eigenvalue weighted by Gasteiger charge is 2.18. The number of amides is 1. The largest absolute Gasteiger partial charge is 0.465 e. The van der Waals surface area contributed by atoms with Crippen molar-refractivity contribution in [2.75, 3.05) is 12.4 Å². The van der Waals surface area contributed by atoms with Crippen LogP contribution in [0.25, 0.3) is 0 Å². The van der Waals surface area contributed by atoms with Crippen LogP contribution >= 0.6 is 0 Å². The molecular weight excluding hydrogens is 408 g/mol. The summed E-state index contributed by atoms with van der Waals surface area (Å²) < 4.78 is 37.5. The average molecular weight is 428 g/mol. The van der Waals surface area contributed by atoms with Crippen molar-refractivity contribution in [2.24, 2.45) is 0 Å². The number of ether oxygens (including phenoxy) is 1. The summed E-state index contributed by atoms with van der Waals surface area (Å²) in [6.45, 7) is 1.67. The van der Waals surface area contributed by atoms with Crippen LogP contribution in [-0.2, 0) is 21.3 Å². The number of anilines is 1. The zero-order chi connectivity index (χ0) is 21.7. The molecule has 3 rings (SSSR count). The summed E-state index contributed by atoms with van der Waals surface area (Å²) in [5.74, 6) is -0.714. The number of hydrogen-bond donors (Lipinski definition) is 2. The Morgan fingerprint density at radius 2 is 1.80 bits per heavy atom. The second kappa shape index (κ2) is 8.93. The van der Waals surface area contributed by atoms with Gasteiger partial charge in [0.1, 0.15) is 0 Å². The first-order chi connectivity index (χ1) is 14.3. The molecule has 30 heavy (non-hydrogen) atoms. The van der Waals surface area contributed by atoms with E-state index in [2.05, 4.69) is 14.8 Å². The normalized spacial score (nSPS) is 11.1. The minimum absolute atomic E-state index is 0.0624. The third-order valence-corrected chi connectivity index (χ3v) is 5.87. The van der Waals surface area contributed by atoms with E-state index in [-0.39, 0.29) is 28.7 Å². The topological polar surface area (TPSA) is 115 Å². The molecule has 0 aliphatic heterocycles. The van der Waals surface area contributed by atoms with Crippen LogP contribution in [0.3, 0.4) is 0 Å². The fourth-order valence-electron chi connectivity index (χ4n) is 2.76. The maximum atomic E-state index is 12.6. The molecule has 0 unspecified atom stereocenters. The Labute approximate surface area is 173 Å². The van der Waals surface area contributed by atoms with Crippen LogP contribution in [0.5, 0.6) is 0 Å². The summed E-state index contributed by atoms with van der Waals surface area (Å²) in [4.78, 5) is 23.6. The smallest absolute Gasteiger partial charge is 0.337 e. The Kier molecular flexibility index (Phi) is 6.34. The van der Waals surface area contributed by atoms with E-state index in [1.165, 1.54) is 31.6 Å². The van der Waals surface area contributed by atoms with Gasteiger partial charge in [0.05, 0.1) is 23.8 Å². The fraction of sp³-hybridized carbons (Fsp3) is 0.143. The van der Waals surface area contributed by atoms with Gasteiger partial charge in [-0.15, -0.1) is 0 Å². The van der Waals surface area contributed by atoms with E-state index in [9.17, 15) is 18.0 Å². The molecule has 0 aliphatic carbocycles. The summed E-state index contributed by atoms with van der Waals surface area (Å²) >= 11 is 0. The fourth-order valence-corrected chi connectivity index (χ4v) is 4.00. The quantitative estimate of drug-likeness (QED) is 0.559. The van der Waals surface area contributed by atoms with E-state index in [1.54, 1.807) is 43.3 Å². The Morgan fingerprint density at radius 1 is 1.07 bits per heavy atom. The monoisotopic (exact) mass is 428 g/mol. The predicted octanol–water partition coefficient (Wildman–Crippen LogP) is 3.11. The average Bonchev–Trinajstić information content (AvgIpc) is 3.27. The Hall–Kier alpha value is -3.43. The van der Waals surface area contributed by atoms with Gasteiger partial charge in [-0.1, -0.05) is 12.1 Å². The van der Waals surface area contributed by atoms with Gasteiger partial charge in [0.25, 0.3) is 5.91 Å². The third kappa shape index (κ3) is 4.94. The van der Waals surface area contributed by atoms with E-state index in [0.717, 1.165) is 0 Å². The standard InChI is InChI=1S/C21H20N2O6S/c1-14-12-16(21(25)28-2)7-10-19(14)30(26,27)22-13-15-5-8-17(9-6-15)23-20(24)18-4-3-11-29-18/h3-12,22H,13H2,1-2H3,(H,23,24). The first-order valence-corrected chi connectivity index (χ1v) is 10.4. The van der Waals surface area contributed by atoms with E-state index in [4.69, 9.17) is 4.42 Å². The zero-order valence-corrected chi connectivity index (χ0v) is 17.2. The van der Waals surface area contributed by atoms with Crippen molar-refractivity contribution in [1.82, 2.24) is 4.72 Å². The van der Waals surface area contributed by atoms with Gasteiger partial charge < -0.3 is 14.5 Å². The Balaban J connectivity index is 1.64. The molecule has 3 aromatic rings. The maximum Gasteiger partial charge on any atom is 0.337 e. The molecule has 2 aromatic carbocycles. The molecule has 0 bridgehead atoms. The van der Waals surface area contributed by atoms with Crippen LogP contribution in [0.1, 0.15) is 32.0 Å². The van der Waals surface area contributed by atoms with E-state index < -0.39 is 16.0 Å². The first-order valence-electron chi connectivity index (χ1n) is 8.92. The number of hydrogen-bond acceptors (Lipinski definition) is 6. The molecule has 0 atom stereocenters. The van der Waals surface area contributed by atoms with Gasteiger partial charge in [-0.3, -0.25) is 4.79 Å². The lowest BCUT2D eigenvalue weighted by molar-refractivity contribution is 0.0600. The van der Waals surface area contributed by atoms with Crippen LogP contribution < -0.4 is 10.0 Å². The summed E-state index contributed by atoms with van der Waals surface area (Å²) in [7, 11) is -2.52. The SMILES string of the molecule is COC(=O)c1ccc(S(=O)(=O)NCc2ccc(NC(=O)c3ccco3)cc2)c(C)c1. The highest BCUT2D eigenvalue weighted by atomic mass is 32.2. The van der Waals surface area contributed by atoms with Gasteiger partial charge in [0.15, 0.2) is 5.76 Å². The van der Waals surface area contributed by atoms with E-state index in [1.807, 2.05) is 0 Å². The number of aryl methyl sites for hydroxylation is 1. The number of carbonyl (C=O) groups is 2. The van der Waals surface area contributed by atoms with Gasteiger partial charge in [0.2, 0.25) is 10.0 Å². The van der Waals surface area contributed by atoms with Crippen molar-refractivity contribution in [3.63, 3.8) is 0 Å². The molecular formula is C21H20N2O6S. The lowest BCUT2D eigenvalue weighted by Crippen LogP contribution is -2.24.